The summed E-state index contributed by atoms with van der Waals surface area (Å²) in [6, 6.07) is 4.03. The maximum absolute atomic E-state index is 12.2. The second-order valence-corrected chi connectivity index (χ2v) is 6.38. The first-order valence-corrected chi connectivity index (χ1v) is 8.78. The summed E-state index contributed by atoms with van der Waals surface area (Å²) in [5.74, 6) is 1.68. The predicted octanol–water partition coefficient (Wildman–Crippen LogP) is 3.15. The Morgan fingerprint density at radius 3 is 3.04 bits per heavy atom. The lowest BCUT2D eigenvalue weighted by Crippen LogP contribution is -2.42. The molecule has 2 atom stereocenters. The number of amides is 1. The monoisotopic (exact) mass is 328 g/mol. The van der Waals surface area contributed by atoms with Crippen LogP contribution in [0.5, 0.6) is 0 Å². The number of aromatic nitrogens is 3. The van der Waals surface area contributed by atoms with E-state index in [0.29, 0.717) is 36.5 Å². The van der Waals surface area contributed by atoms with Crippen molar-refractivity contribution in [3.8, 4) is 11.4 Å². The summed E-state index contributed by atoms with van der Waals surface area (Å²) in [4.78, 5) is 20.6. The second kappa shape index (κ2) is 8.04. The molecule has 2 aromatic heterocycles. The van der Waals surface area contributed by atoms with Crippen LogP contribution >= 0.6 is 0 Å². The molecule has 3 rings (SSSR count). The molecule has 6 heteroatoms. The van der Waals surface area contributed by atoms with Crippen molar-refractivity contribution in [2.45, 2.75) is 57.9 Å². The van der Waals surface area contributed by atoms with Gasteiger partial charge in [-0.3, -0.25) is 9.78 Å². The first-order chi connectivity index (χ1) is 11.8. The van der Waals surface area contributed by atoms with Gasteiger partial charge in [-0.2, -0.15) is 4.98 Å². The van der Waals surface area contributed by atoms with Gasteiger partial charge in [0.25, 0.3) is 0 Å². The SMILES string of the molecule is CCC1CCCCC1NC(=O)CCc1nc(-c2cccnc2)no1. The van der Waals surface area contributed by atoms with E-state index in [2.05, 4.69) is 27.4 Å². The fraction of sp³-hybridized carbons (Fsp3) is 0.556. The molecular weight excluding hydrogens is 304 g/mol. The number of hydrogen-bond acceptors (Lipinski definition) is 5. The van der Waals surface area contributed by atoms with Crippen molar-refractivity contribution >= 4 is 5.91 Å². The molecule has 1 aliphatic rings. The Labute approximate surface area is 142 Å². The lowest BCUT2D eigenvalue weighted by atomic mass is 9.83. The Morgan fingerprint density at radius 2 is 2.25 bits per heavy atom. The maximum Gasteiger partial charge on any atom is 0.227 e. The van der Waals surface area contributed by atoms with Crippen molar-refractivity contribution < 1.29 is 9.32 Å². The minimum absolute atomic E-state index is 0.0708. The van der Waals surface area contributed by atoms with Gasteiger partial charge in [-0.25, -0.2) is 0 Å². The highest BCUT2D eigenvalue weighted by Gasteiger charge is 2.25. The highest BCUT2D eigenvalue weighted by Crippen LogP contribution is 2.26. The molecule has 6 nitrogen and oxygen atoms in total. The number of hydrogen-bond donors (Lipinski definition) is 1. The normalized spacial score (nSPS) is 20.7. The summed E-state index contributed by atoms with van der Waals surface area (Å²) in [5, 5.41) is 7.14. The lowest BCUT2D eigenvalue weighted by Gasteiger charge is -2.31. The van der Waals surface area contributed by atoms with Gasteiger partial charge < -0.3 is 9.84 Å². The predicted molar refractivity (Wildman–Crippen MR) is 90.0 cm³/mol. The average molecular weight is 328 g/mol. The summed E-state index contributed by atoms with van der Waals surface area (Å²) in [7, 11) is 0. The van der Waals surface area contributed by atoms with E-state index < -0.39 is 0 Å². The van der Waals surface area contributed by atoms with Crippen LogP contribution < -0.4 is 5.32 Å². The van der Waals surface area contributed by atoms with E-state index in [4.69, 9.17) is 4.52 Å². The van der Waals surface area contributed by atoms with E-state index in [0.717, 1.165) is 18.4 Å². The molecule has 1 N–H and O–H groups in total. The zero-order valence-electron chi connectivity index (χ0n) is 14.1. The van der Waals surface area contributed by atoms with Gasteiger partial charge in [-0.05, 0) is 30.9 Å². The van der Waals surface area contributed by atoms with Crippen molar-refractivity contribution in [2.75, 3.05) is 0 Å². The quantitative estimate of drug-likeness (QED) is 0.881. The summed E-state index contributed by atoms with van der Waals surface area (Å²) in [6.07, 6.45) is 10.2. The molecule has 1 saturated carbocycles. The van der Waals surface area contributed by atoms with Gasteiger partial charge in [-0.15, -0.1) is 0 Å². The molecule has 2 aromatic rings. The molecule has 1 aliphatic carbocycles. The molecule has 0 spiro atoms. The smallest absolute Gasteiger partial charge is 0.227 e. The molecule has 0 aliphatic heterocycles. The number of carbonyl (C=O) groups excluding carboxylic acids is 1. The summed E-state index contributed by atoms with van der Waals surface area (Å²) < 4.78 is 5.23. The maximum atomic E-state index is 12.2. The highest BCUT2D eigenvalue weighted by atomic mass is 16.5. The fourth-order valence-electron chi connectivity index (χ4n) is 3.35. The first-order valence-electron chi connectivity index (χ1n) is 8.78. The van der Waals surface area contributed by atoms with Crippen LogP contribution in [0.1, 0.15) is 51.3 Å². The summed E-state index contributed by atoms with van der Waals surface area (Å²) >= 11 is 0. The van der Waals surface area contributed by atoms with Crippen molar-refractivity contribution in [3.05, 3.63) is 30.4 Å². The zero-order valence-corrected chi connectivity index (χ0v) is 14.1. The van der Waals surface area contributed by atoms with E-state index in [-0.39, 0.29) is 5.91 Å². The van der Waals surface area contributed by atoms with E-state index in [1.165, 1.54) is 19.3 Å². The average Bonchev–Trinajstić information content (AvgIpc) is 3.10. The van der Waals surface area contributed by atoms with Crippen molar-refractivity contribution in [1.29, 1.82) is 0 Å². The van der Waals surface area contributed by atoms with Crippen molar-refractivity contribution in [1.82, 2.24) is 20.4 Å². The third-order valence-corrected chi connectivity index (χ3v) is 4.73. The van der Waals surface area contributed by atoms with Crippen LogP contribution in [-0.2, 0) is 11.2 Å². The minimum atomic E-state index is 0.0708. The Balaban J connectivity index is 1.50. The van der Waals surface area contributed by atoms with Crippen molar-refractivity contribution in [3.63, 3.8) is 0 Å². The molecular formula is C18H24N4O2. The van der Waals surface area contributed by atoms with Crippen LogP contribution in [0, 0.1) is 5.92 Å². The summed E-state index contributed by atoms with van der Waals surface area (Å²) in [5.41, 5.74) is 0.810. The minimum Gasteiger partial charge on any atom is -0.353 e. The van der Waals surface area contributed by atoms with Crippen LogP contribution in [0.15, 0.2) is 29.0 Å². The molecule has 128 valence electrons. The lowest BCUT2D eigenvalue weighted by molar-refractivity contribution is -0.122. The molecule has 0 radical (unpaired) electrons. The standard InChI is InChI=1S/C18H24N4O2/c1-2-13-6-3-4-8-15(13)20-16(23)9-10-17-21-18(22-24-17)14-7-5-11-19-12-14/h5,7,11-13,15H,2-4,6,8-10H2,1H3,(H,20,23). The Bertz CT molecular complexity index is 656. The van der Waals surface area contributed by atoms with Crippen LogP contribution in [-0.4, -0.2) is 27.1 Å². The molecule has 0 aromatic carbocycles. The number of carbonyl (C=O) groups is 1. The highest BCUT2D eigenvalue weighted by molar-refractivity contribution is 5.76. The molecule has 1 fully saturated rings. The van der Waals surface area contributed by atoms with Crippen LogP contribution in [0.2, 0.25) is 0 Å². The zero-order chi connectivity index (χ0) is 16.8. The number of rotatable bonds is 6. The Hall–Kier alpha value is -2.24. The molecule has 2 heterocycles. The van der Waals surface area contributed by atoms with E-state index in [1.807, 2.05) is 12.1 Å². The van der Waals surface area contributed by atoms with Gasteiger partial charge in [0.15, 0.2) is 0 Å². The van der Waals surface area contributed by atoms with Crippen LogP contribution in [0.4, 0.5) is 0 Å². The topological polar surface area (TPSA) is 80.9 Å². The largest absolute Gasteiger partial charge is 0.353 e. The van der Waals surface area contributed by atoms with E-state index in [1.54, 1.807) is 12.4 Å². The number of nitrogens with one attached hydrogen (secondary N) is 1. The van der Waals surface area contributed by atoms with Gasteiger partial charge in [0.05, 0.1) is 0 Å². The van der Waals surface area contributed by atoms with Gasteiger partial charge in [-0.1, -0.05) is 31.3 Å². The van der Waals surface area contributed by atoms with Gasteiger partial charge >= 0.3 is 0 Å². The number of nitrogens with zero attached hydrogens (tertiary/aromatic N) is 3. The summed E-state index contributed by atoms with van der Waals surface area (Å²) in [6.45, 7) is 2.20. The van der Waals surface area contributed by atoms with E-state index >= 15 is 0 Å². The number of pyridine rings is 1. The molecule has 2 unspecified atom stereocenters. The van der Waals surface area contributed by atoms with Crippen LogP contribution in [0.3, 0.4) is 0 Å². The third-order valence-electron chi connectivity index (χ3n) is 4.73. The van der Waals surface area contributed by atoms with E-state index in [9.17, 15) is 4.79 Å². The Kier molecular flexibility index (Phi) is 5.56. The Morgan fingerprint density at radius 1 is 1.38 bits per heavy atom. The van der Waals surface area contributed by atoms with Crippen LogP contribution in [0.25, 0.3) is 11.4 Å². The second-order valence-electron chi connectivity index (χ2n) is 6.38. The fourth-order valence-corrected chi connectivity index (χ4v) is 3.35. The molecule has 24 heavy (non-hydrogen) atoms. The third kappa shape index (κ3) is 4.19. The first kappa shape index (κ1) is 16.6. The van der Waals surface area contributed by atoms with Gasteiger partial charge in [0, 0.05) is 36.8 Å². The number of aryl methyl sites for hydroxylation is 1. The van der Waals surface area contributed by atoms with Gasteiger partial charge in [0.1, 0.15) is 0 Å². The molecule has 0 bridgehead atoms. The van der Waals surface area contributed by atoms with Crippen molar-refractivity contribution in [2.24, 2.45) is 5.92 Å². The van der Waals surface area contributed by atoms with Gasteiger partial charge in [0.2, 0.25) is 17.6 Å². The molecule has 1 amide bonds. The molecule has 0 saturated heterocycles.